The predicted octanol–water partition coefficient (Wildman–Crippen LogP) is 3.47. The van der Waals surface area contributed by atoms with Gasteiger partial charge in [-0.2, -0.15) is 0 Å². The van der Waals surface area contributed by atoms with Crippen LogP contribution < -0.4 is 5.56 Å². The summed E-state index contributed by atoms with van der Waals surface area (Å²) < 4.78 is 9.03. The zero-order valence-corrected chi connectivity index (χ0v) is 16.1. The lowest BCUT2D eigenvalue weighted by Gasteiger charge is -2.13. The summed E-state index contributed by atoms with van der Waals surface area (Å²) in [4.78, 5) is 13.3. The van der Waals surface area contributed by atoms with Crippen molar-refractivity contribution < 1.29 is 4.74 Å². The van der Waals surface area contributed by atoms with Gasteiger partial charge in [-0.15, -0.1) is 10.2 Å². The fourth-order valence-corrected chi connectivity index (χ4v) is 3.93. The number of nitrogens with zero attached hydrogens (tertiary/aromatic N) is 4. The minimum absolute atomic E-state index is 0.0920. The van der Waals surface area contributed by atoms with Gasteiger partial charge in [-0.25, -0.2) is 4.57 Å². The van der Waals surface area contributed by atoms with Crippen LogP contribution in [0.2, 0.25) is 0 Å². The smallest absolute Gasteiger partial charge is 0.267 e. The van der Waals surface area contributed by atoms with E-state index in [2.05, 4.69) is 10.2 Å². The first-order chi connectivity index (χ1) is 13.2. The average Bonchev–Trinajstić information content (AvgIpc) is 3.10. The highest BCUT2D eigenvalue weighted by Crippen LogP contribution is 2.24. The van der Waals surface area contributed by atoms with Crippen molar-refractivity contribution in [1.29, 1.82) is 0 Å². The van der Waals surface area contributed by atoms with Crippen LogP contribution in [0.3, 0.4) is 0 Å². The molecule has 0 aliphatic carbocycles. The second kappa shape index (κ2) is 7.54. The van der Waals surface area contributed by atoms with Crippen molar-refractivity contribution in [2.75, 3.05) is 19.0 Å². The fourth-order valence-electron chi connectivity index (χ4n) is 3.14. The van der Waals surface area contributed by atoms with Crippen LogP contribution in [0.25, 0.3) is 22.4 Å². The number of hydrogen-bond acceptors (Lipinski definition) is 5. The summed E-state index contributed by atoms with van der Waals surface area (Å²) in [5, 5.41) is 10.1. The topological polar surface area (TPSA) is 61.4 Å². The molecule has 0 bridgehead atoms. The van der Waals surface area contributed by atoms with Crippen LogP contribution >= 0.6 is 11.8 Å². The molecular formula is C20H20N4O2S. The van der Waals surface area contributed by atoms with Gasteiger partial charge < -0.3 is 4.74 Å². The molecule has 0 saturated carbocycles. The minimum Gasteiger partial charge on any atom is -0.381 e. The lowest BCUT2D eigenvalue weighted by Crippen LogP contribution is -2.22. The van der Waals surface area contributed by atoms with E-state index in [4.69, 9.17) is 4.74 Å². The maximum atomic E-state index is 13.3. The van der Waals surface area contributed by atoms with E-state index in [0.717, 1.165) is 27.7 Å². The van der Waals surface area contributed by atoms with Crippen molar-refractivity contribution in [2.45, 2.75) is 19.0 Å². The molecule has 138 valence electrons. The van der Waals surface area contributed by atoms with Crippen LogP contribution in [0.1, 0.15) is 12.5 Å². The molecule has 6 nitrogen and oxygen atoms in total. The molecule has 0 unspecified atom stereocenters. The summed E-state index contributed by atoms with van der Waals surface area (Å²) in [5.74, 6) is 1.29. The van der Waals surface area contributed by atoms with Crippen LogP contribution in [-0.4, -0.2) is 38.1 Å². The van der Waals surface area contributed by atoms with E-state index in [1.165, 1.54) is 0 Å². The van der Waals surface area contributed by atoms with Gasteiger partial charge in [0, 0.05) is 12.4 Å². The summed E-state index contributed by atoms with van der Waals surface area (Å²) in [7, 11) is 0. The highest BCUT2D eigenvalue weighted by atomic mass is 32.2. The molecule has 0 spiro atoms. The normalized spacial score (nSPS) is 11.5. The number of ether oxygens (including phenoxy) is 1. The lowest BCUT2D eigenvalue weighted by atomic mass is 10.2. The summed E-state index contributed by atoms with van der Waals surface area (Å²) in [6, 6.07) is 15.4. The van der Waals surface area contributed by atoms with Crippen LogP contribution in [-0.2, 0) is 4.74 Å². The molecule has 0 saturated heterocycles. The number of fused-ring (bicyclic) bond motifs is 3. The van der Waals surface area contributed by atoms with Crippen LogP contribution in [0.15, 0.2) is 58.5 Å². The molecular weight excluding hydrogens is 360 g/mol. The highest BCUT2D eigenvalue weighted by molar-refractivity contribution is 7.99. The van der Waals surface area contributed by atoms with Crippen molar-refractivity contribution in [2.24, 2.45) is 0 Å². The molecule has 0 atom stereocenters. The summed E-state index contributed by atoms with van der Waals surface area (Å²) in [6.45, 7) is 5.30. The van der Waals surface area contributed by atoms with Gasteiger partial charge in [0.1, 0.15) is 0 Å². The first kappa shape index (κ1) is 17.8. The van der Waals surface area contributed by atoms with Gasteiger partial charge in [0.2, 0.25) is 5.78 Å². The molecule has 0 aliphatic rings. The lowest BCUT2D eigenvalue weighted by molar-refractivity contribution is 0.164. The molecule has 27 heavy (non-hydrogen) atoms. The zero-order valence-electron chi connectivity index (χ0n) is 15.3. The Bertz CT molecular complexity index is 1170. The number of para-hydroxylation sites is 2. The maximum Gasteiger partial charge on any atom is 0.267 e. The predicted molar refractivity (Wildman–Crippen MR) is 108 cm³/mol. The number of thioether (sulfide) groups is 1. The maximum absolute atomic E-state index is 13.3. The van der Waals surface area contributed by atoms with Crippen LogP contribution in [0.4, 0.5) is 0 Å². The Balaban J connectivity index is 1.98. The van der Waals surface area contributed by atoms with E-state index in [9.17, 15) is 4.79 Å². The molecule has 2 heterocycles. The standard InChI is InChI=1S/C20H20N4O2S/c1-3-26-12-13-27-20-22-21-19-23(16-10-6-4-8-14(16)2)18(25)15-9-5-7-11-17(15)24(19)20/h4-11H,3,12-13H2,1-2H3. The van der Waals surface area contributed by atoms with Gasteiger partial charge >= 0.3 is 0 Å². The summed E-state index contributed by atoms with van der Waals surface area (Å²) in [5.41, 5.74) is 2.54. The number of rotatable bonds is 6. The Morgan fingerprint density at radius 2 is 1.85 bits per heavy atom. The van der Waals surface area contributed by atoms with Crippen molar-refractivity contribution >= 4 is 28.4 Å². The van der Waals surface area contributed by atoms with Crippen LogP contribution in [0, 0.1) is 6.92 Å². The third-order valence-electron chi connectivity index (χ3n) is 4.41. The third-order valence-corrected chi connectivity index (χ3v) is 5.31. The largest absolute Gasteiger partial charge is 0.381 e. The molecule has 7 heteroatoms. The first-order valence-corrected chi connectivity index (χ1v) is 9.86. The van der Waals surface area contributed by atoms with Crippen LogP contribution in [0.5, 0.6) is 0 Å². The monoisotopic (exact) mass is 380 g/mol. The zero-order chi connectivity index (χ0) is 18.8. The molecule has 4 aromatic rings. The molecule has 0 fully saturated rings. The van der Waals surface area contributed by atoms with E-state index in [1.54, 1.807) is 16.3 Å². The Morgan fingerprint density at radius 3 is 2.67 bits per heavy atom. The van der Waals surface area contributed by atoms with Crippen molar-refractivity contribution in [3.8, 4) is 5.69 Å². The number of aryl methyl sites for hydroxylation is 1. The van der Waals surface area contributed by atoms with Gasteiger partial charge in [-0.05, 0) is 37.6 Å². The third kappa shape index (κ3) is 3.13. The summed E-state index contributed by atoms with van der Waals surface area (Å²) >= 11 is 1.57. The molecule has 0 aliphatic heterocycles. The van der Waals surface area contributed by atoms with Gasteiger partial charge in [-0.3, -0.25) is 9.20 Å². The molecule has 2 aromatic heterocycles. The Kier molecular flexibility index (Phi) is 4.96. The number of hydrogen-bond donors (Lipinski definition) is 0. The average molecular weight is 380 g/mol. The van der Waals surface area contributed by atoms with Gasteiger partial charge in [0.05, 0.1) is 23.2 Å². The number of benzene rings is 2. The van der Waals surface area contributed by atoms with E-state index in [0.29, 0.717) is 24.4 Å². The minimum atomic E-state index is -0.0920. The summed E-state index contributed by atoms with van der Waals surface area (Å²) in [6.07, 6.45) is 0. The quantitative estimate of drug-likeness (QED) is 0.379. The Morgan fingerprint density at radius 1 is 1.07 bits per heavy atom. The fraction of sp³-hybridized carbons (Fsp3) is 0.250. The molecule has 0 radical (unpaired) electrons. The Labute approximate surface area is 160 Å². The first-order valence-electron chi connectivity index (χ1n) is 8.87. The molecule has 2 aromatic carbocycles. The highest BCUT2D eigenvalue weighted by Gasteiger charge is 2.18. The molecule has 0 N–H and O–H groups in total. The molecule has 0 amide bonds. The van der Waals surface area contributed by atoms with Gasteiger partial charge in [-0.1, -0.05) is 42.1 Å². The van der Waals surface area contributed by atoms with E-state index in [-0.39, 0.29) is 5.56 Å². The Hall–Kier alpha value is -2.64. The second-order valence-electron chi connectivity index (χ2n) is 6.11. The second-order valence-corrected chi connectivity index (χ2v) is 7.17. The van der Waals surface area contributed by atoms with Gasteiger partial charge in [0.15, 0.2) is 5.16 Å². The number of aromatic nitrogens is 4. The SMILES string of the molecule is CCOCCSc1nnc2n(-c3ccccc3C)c(=O)c3ccccc3n12. The van der Waals surface area contributed by atoms with Gasteiger partial charge in [0.25, 0.3) is 5.56 Å². The molecule has 4 rings (SSSR count). The van der Waals surface area contributed by atoms with E-state index < -0.39 is 0 Å². The van der Waals surface area contributed by atoms with E-state index >= 15 is 0 Å². The van der Waals surface area contributed by atoms with Crippen molar-refractivity contribution in [1.82, 2.24) is 19.2 Å². The van der Waals surface area contributed by atoms with E-state index in [1.807, 2.05) is 66.8 Å². The van der Waals surface area contributed by atoms with Crippen molar-refractivity contribution in [3.05, 3.63) is 64.4 Å². The van der Waals surface area contributed by atoms with Crippen molar-refractivity contribution in [3.63, 3.8) is 0 Å².